The molecule has 4 heteroatoms. The average Bonchev–Trinajstić information content (AvgIpc) is 3.64. The molecule has 234 valence electrons. The van der Waals surface area contributed by atoms with Crippen LogP contribution in [0.25, 0.3) is 43.8 Å². The Bertz CT molecular complexity index is 1740. The number of benzene rings is 4. The number of halogens is 2. The van der Waals surface area contributed by atoms with Gasteiger partial charge in [0, 0.05) is 0 Å². The van der Waals surface area contributed by atoms with E-state index in [9.17, 15) is 0 Å². The summed E-state index contributed by atoms with van der Waals surface area (Å²) in [6.45, 7) is 13.6. The Labute approximate surface area is 299 Å². The van der Waals surface area contributed by atoms with Crippen molar-refractivity contribution in [2.24, 2.45) is 0 Å². The fraction of sp³-hybridized carbons (Fsp3) is 0.268. The van der Waals surface area contributed by atoms with E-state index in [1.807, 2.05) is 0 Å². The van der Waals surface area contributed by atoms with Gasteiger partial charge in [-0.1, -0.05) is 131 Å². The molecule has 0 aliphatic rings. The molecular weight excluding hydrogens is 683 g/mol. The first-order chi connectivity index (χ1) is 20.8. The molecule has 0 saturated heterocycles. The zero-order chi connectivity index (χ0) is 30.8. The maximum Gasteiger partial charge on any atom is -1.00 e. The molecule has 0 N–H and O–H groups in total. The zero-order valence-electron chi connectivity index (χ0n) is 27.6. The summed E-state index contributed by atoms with van der Waals surface area (Å²) in [7, 11) is 0. The third-order valence-corrected chi connectivity index (χ3v) is 7.84. The van der Waals surface area contributed by atoms with Gasteiger partial charge in [0.05, 0.1) is 0 Å². The molecule has 0 aliphatic heterocycles. The summed E-state index contributed by atoms with van der Waals surface area (Å²) in [5, 5.41) is 5.54. The van der Waals surface area contributed by atoms with Gasteiger partial charge >= 0.3 is 41.9 Å². The van der Waals surface area contributed by atoms with Gasteiger partial charge in [-0.3, -0.25) is 0 Å². The van der Waals surface area contributed by atoms with E-state index < -0.39 is 0 Å². The largest absolute Gasteiger partial charge is 1.00 e. The summed E-state index contributed by atoms with van der Waals surface area (Å²) in [4.78, 5) is 0. The predicted molar refractivity (Wildman–Crippen MR) is 189 cm³/mol. The molecule has 0 aromatic heterocycles. The summed E-state index contributed by atoms with van der Waals surface area (Å²) in [5.41, 5.74) is 9.81. The van der Waals surface area contributed by atoms with Gasteiger partial charge in [0.15, 0.2) is 0 Å². The fourth-order valence-electron chi connectivity index (χ4n) is 5.56. The van der Waals surface area contributed by atoms with Gasteiger partial charge in [0.1, 0.15) is 0 Å². The molecule has 0 unspecified atom stereocenters. The smallest absolute Gasteiger partial charge is 1.00 e. The number of aryl methyl sites for hydroxylation is 2. The maximum absolute atomic E-state index is 2.40. The van der Waals surface area contributed by atoms with Gasteiger partial charge in [-0.05, 0) is 23.5 Å². The molecular formula is C41H46Cl2SiZr-2. The first-order valence-corrected chi connectivity index (χ1v) is 22.0. The van der Waals surface area contributed by atoms with Crippen LogP contribution in [-0.2, 0) is 29.8 Å². The van der Waals surface area contributed by atoms with Crippen LogP contribution in [0.2, 0.25) is 13.1 Å². The first-order valence-electron chi connectivity index (χ1n) is 15.8. The van der Waals surface area contributed by atoms with Crippen molar-refractivity contribution in [3.63, 3.8) is 0 Å². The third kappa shape index (κ3) is 10.9. The number of hydrogen-bond donors (Lipinski definition) is 0. The van der Waals surface area contributed by atoms with Crippen LogP contribution in [0.1, 0.15) is 62.6 Å². The van der Waals surface area contributed by atoms with E-state index >= 15 is 0 Å². The molecule has 0 aliphatic carbocycles. The van der Waals surface area contributed by atoms with Crippen molar-refractivity contribution in [1.82, 2.24) is 0 Å². The number of rotatable bonds is 7. The molecule has 6 rings (SSSR count). The van der Waals surface area contributed by atoms with Crippen LogP contribution in [-0.4, -0.2) is 5.43 Å². The van der Waals surface area contributed by atoms with Crippen LogP contribution < -0.4 is 24.8 Å². The van der Waals surface area contributed by atoms with E-state index in [1.54, 1.807) is 23.3 Å². The van der Waals surface area contributed by atoms with Crippen molar-refractivity contribution >= 4 is 27.0 Å². The average molecular weight is 729 g/mol. The van der Waals surface area contributed by atoms with Crippen LogP contribution in [0.4, 0.5) is 0 Å². The summed E-state index contributed by atoms with van der Waals surface area (Å²) in [6, 6.07) is 41.9. The number of hydrogen-bond acceptors (Lipinski definition) is 0. The van der Waals surface area contributed by atoms with Gasteiger partial charge in [-0.25, -0.2) is 0 Å². The van der Waals surface area contributed by atoms with Crippen LogP contribution in [0.3, 0.4) is 0 Å². The Morgan fingerprint density at radius 1 is 0.689 bits per heavy atom. The summed E-state index contributed by atoms with van der Waals surface area (Å²) in [5.74, 6) is 0.584. The van der Waals surface area contributed by atoms with Gasteiger partial charge in [-0.15, -0.1) is 68.6 Å². The molecule has 45 heavy (non-hydrogen) atoms. The number of unbranched alkanes of at least 4 members (excludes halogenated alkanes) is 2. The molecule has 0 saturated carbocycles. The Balaban J connectivity index is 0.000000272. The minimum absolute atomic E-state index is 0. The minimum atomic E-state index is 0. The zero-order valence-corrected chi connectivity index (χ0v) is 32.6. The molecule has 6 aromatic carbocycles. The molecule has 0 atom stereocenters. The minimum Gasteiger partial charge on any atom is -1.00 e. The molecule has 6 aromatic rings. The Morgan fingerprint density at radius 2 is 1.27 bits per heavy atom. The van der Waals surface area contributed by atoms with E-state index in [1.165, 1.54) is 86.2 Å². The Kier molecular flexibility index (Phi) is 16.8. The molecule has 0 nitrogen and oxygen atoms in total. The fourth-order valence-corrected chi connectivity index (χ4v) is 5.56. The second-order valence-electron chi connectivity index (χ2n) is 12.1. The van der Waals surface area contributed by atoms with Gasteiger partial charge in [0.2, 0.25) is 0 Å². The topological polar surface area (TPSA) is 0 Å². The standard InChI is InChI=1S/C21H23.C18H17.C2H6Si.2ClH.Zr/c1-3-4-6-9-17-14-20-16(2)12-13-19(21(20)15-17)18-10-7-5-8-11-18;1-13(2)16-11-15-9-6-10-17(18(15)12-16)14-7-4-3-5-8-14;1-3-2;;;/h5,7-8,10-15H,3-4,6,9H2,1-2H3;3-13H,1-2H3;1-2H3;2*1H;/q2*-1;;;;+2/p-2. The van der Waals surface area contributed by atoms with Crippen molar-refractivity contribution in [2.45, 2.75) is 72.4 Å². The van der Waals surface area contributed by atoms with Crippen LogP contribution >= 0.6 is 0 Å². The van der Waals surface area contributed by atoms with Gasteiger partial charge in [-0.2, -0.15) is 12.1 Å². The van der Waals surface area contributed by atoms with Crippen molar-refractivity contribution in [2.75, 3.05) is 0 Å². The second kappa shape index (κ2) is 19.4. The van der Waals surface area contributed by atoms with Crippen molar-refractivity contribution in [1.29, 1.82) is 0 Å². The van der Waals surface area contributed by atoms with E-state index in [-0.39, 0.29) is 30.2 Å². The van der Waals surface area contributed by atoms with E-state index in [4.69, 9.17) is 0 Å². The summed E-state index contributed by atoms with van der Waals surface area (Å²) < 4.78 is 0. The van der Waals surface area contributed by atoms with Crippen molar-refractivity contribution < 1.29 is 48.1 Å². The molecule has 0 fully saturated rings. The second-order valence-corrected chi connectivity index (χ2v) is 21.4. The maximum atomic E-state index is 2.40. The molecule has 0 spiro atoms. The molecule has 0 bridgehead atoms. The van der Waals surface area contributed by atoms with Crippen molar-refractivity contribution in [3.8, 4) is 22.3 Å². The SMILES string of the molecule is CC(C)c1cc2c(-c3ccccc3)cccc2[cH-]1.CCCCCc1cc2c(-c3ccccc3)ccc(C)c2[cH-]1.C[Si](C)=[Zr+2].[Cl-].[Cl-]. The monoisotopic (exact) mass is 726 g/mol. The third-order valence-electron chi connectivity index (χ3n) is 7.84. The summed E-state index contributed by atoms with van der Waals surface area (Å²) >= 11 is 1.74. The molecule has 0 amide bonds. The van der Waals surface area contributed by atoms with Crippen molar-refractivity contribution in [3.05, 3.63) is 132 Å². The molecule has 0 heterocycles. The van der Waals surface area contributed by atoms with E-state index in [0.717, 1.165) is 0 Å². The Morgan fingerprint density at radius 3 is 1.82 bits per heavy atom. The Hall–Kier alpha value is -2.22. The summed E-state index contributed by atoms with van der Waals surface area (Å²) in [6.07, 6.45) is 5.11. The quantitative estimate of drug-likeness (QED) is 0.101. The number of fused-ring (bicyclic) bond motifs is 2. The van der Waals surface area contributed by atoms with Gasteiger partial charge in [0.25, 0.3) is 0 Å². The molecule has 0 radical (unpaired) electrons. The van der Waals surface area contributed by atoms with E-state index in [2.05, 4.69) is 156 Å². The van der Waals surface area contributed by atoms with Crippen LogP contribution in [0, 0.1) is 6.92 Å². The van der Waals surface area contributed by atoms with E-state index in [0.29, 0.717) is 5.92 Å². The van der Waals surface area contributed by atoms with Crippen LogP contribution in [0.5, 0.6) is 0 Å². The van der Waals surface area contributed by atoms with Gasteiger partial charge < -0.3 is 24.8 Å². The first kappa shape index (κ1) is 39.0. The van der Waals surface area contributed by atoms with Crippen LogP contribution in [0.15, 0.2) is 115 Å². The normalized spacial score (nSPS) is 10.3. The predicted octanol–water partition coefficient (Wildman–Crippen LogP) is 6.41.